The summed E-state index contributed by atoms with van der Waals surface area (Å²) in [5.74, 6) is 0. The minimum absolute atomic E-state index is 0.0325. The molecular formula is C12H22F3NO2. The quantitative estimate of drug-likeness (QED) is 0.687. The lowest BCUT2D eigenvalue weighted by Gasteiger charge is -2.19. The van der Waals surface area contributed by atoms with Gasteiger partial charge in [-0.1, -0.05) is 0 Å². The topological polar surface area (TPSA) is 30.5 Å². The number of rotatable bonds is 8. The van der Waals surface area contributed by atoms with E-state index < -0.39 is 12.6 Å². The van der Waals surface area contributed by atoms with Gasteiger partial charge in [-0.05, 0) is 26.2 Å². The molecule has 0 bridgehead atoms. The number of ether oxygens (including phenoxy) is 2. The Morgan fingerprint density at radius 1 is 1.39 bits per heavy atom. The van der Waals surface area contributed by atoms with Crippen molar-refractivity contribution in [1.82, 2.24) is 5.32 Å². The molecule has 0 aliphatic carbocycles. The van der Waals surface area contributed by atoms with Crippen LogP contribution in [0, 0.1) is 0 Å². The van der Waals surface area contributed by atoms with Crippen LogP contribution in [0.1, 0.15) is 32.6 Å². The van der Waals surface area contributed by atoms with E-state index in [4.69, 9.17) is 9.47 Å². The van der Waals surface area contributed by atoms with E-state index in [1.54, 1.807) is 0 Å². The van der Waals surface area contributed by atoms with Crippen molar-refractivity contribution >= 4 is 0 Å². The summed E-state index contributed by atoms with van der Waals surface area (Å²) in [4.78, 5) is 0. The Hall–Kier alpha value is -0.330. The van der Waals surface area contributed by atoms with E-state index in [9.17, 15) is 13.2 Å². The van der Waals surface area contributed by atoms with Gasteiger partial charge in [0.2, 0.25) is 0 Å². The van der Waals surface area contributed by atoms with Gasteiger partial charge < -0.3 is 14.8 Å². The zero-order valence-corrected chi connectivity index (χ0v) is 10.8. The van der Waals surface area contributed by atoms with Crippen molar-refractivity contribution in [1.29, 1.82) is 0 Å². The molecule has 0 spiro atoms. The Bertz CT molecular complexity index is 218. The number of halogens is 3. The van der Waals surface area contributed by atoms with E-state index in [-0.39, 0.29) is 25.2 Å². The van der Waals surface area contributed by atoms with Gasteiger partial charge in [-0.3, -0.25) is 0 Å². The van der Waals surface area contributed by atoms with Crippen LogP contribution in [0.25, 0.3) is 0 Å². The molecule has 0 saturated carbocycles. The van der Waals surface area contributed by atoms with E-state index in [1.165, 1.54) is 0 Å². The van der Waals surface area contributed by atoms with Gasteiger partial charge in [-0.2, -0.15) is 13.2 Å². The summed E-state index contributed by atoms with van der Waals surface area (Å²) >= 11 is 0. The first kappa shape index (κ1) is 15.7. The van der Waals surface area contributed by atoms with Crippen molar-refractivity contribution in [2.24, 2.45) is 0 Å². The molecule has 0 aromatic rings. The van der Waals surface area contributed by atoms with Crippen LogP contribution in [0.4, 0.5) is 13.2 Å². The zero-order valence-electron chi connectivity index (χ0n) is 10.8. The van der Waals surface area contributed by atoms with Crippen LogP contribution in [0.5, 0.6) is 0 Å². The Balaban J connectivity index is 1.89. The minimum atomic E-state index is -4.07. The molecule has 1 fully saturated rings. The van der Waals surface area contributed by atoms with E-state index in [0.29, 0.717) is 13.2 Å². The molecule has 108 valence electrons. The van der Waals surface area contributed by atoms with Gasteiger partial charge in [0.25, 0.3) is 0 Å². The molecule has 0 amide bonds. The van der Waals surface area contributed by atoms with Crippen LogP contribution < -0.4 is 5.32 Å². The Kier molecular flexibility index (Phi) is 6.96. The van der Waals surface area contributed by atoms with Gasteiger partial charge in [0, 0.05) is 32.2 Å². The summed E-state index contributed by atoms with van der Waals surface area (Å²) < 4.78 is 46.1. The van der Waals surface area contributed by atoms with Crippen molar-refractivity contribution in [3.63, 3.8) is 0 Å². The highest BCUT2D eigenvalue weighted by molar-refractivity contribution is 4.76. The molecule has 1 aliphatic rings. The SMILES string of the molecule is CC(NCCOCCCC(F)(F)F)C1CCCO1. The highest BCUT2D eigenvalue weighted by Crippen LogP contribution is 2.21. The smallest absolute Gasteiger partial charge is 0.380 e. The van der Waals surface area contributed by atoms with Crippen molar-refractivity contribution in [2.45, 2.75) is 50.9 Å². The summed E-state index contributed by atoms with van der Waals surface area (Å²) in [5.41, 5.74) is 0. The summed E-state index contributed by atoms with van der Waals surface area (Å²) in [6.45, 7) is 4.13. The van der Waals surface area contributed by atoms with Crippen LogP contribution >= 0.6 is 0 Å². The van der Waals surface area contributed by atoms with Gasteiger partial charge in [0.15, 0.2) is 0 Å². The first-order chi connectivity index (χ1) is 8.49. The molecule has 2 unspecified atom stereocenters. The number of hydrogen-bond donors (Lipinski definition) is 1. The monoisotopic (exact) mass is 269 g/mol. The zero-order chi connectivity index (χ0) is 13.4. The Labute approximate surface area is 106 Å². The number of hydrogen-bond acceptors (Lipinski definition) is 3. The molecule has 1 N–H and O–H groups in total. The molecule has 18 heavy (non-hydrogen) atoms. The minimum Gasteiger partial charge on any atom is -0.380 e. The molecule has 1 aliphatic heterocycles. The van der Waals surface area contributed by atoms with E-state index >= 15 is 0 Å². The molecule has 0 radical (unpaired) electrons. The number of nitrogens with one attached hydrogen (secondary N) is 1. The van der Waals surface area contributed by atoms with Crippen molar-refractivity contribution in [2.75, 3.05) is 26.4 Å². The summed E-state index contributed by atoms with van der Waals surface area (Å²) in [5, 5.41) is 3.26. The van der Waals surface area contributed by atoms with Gasteiger partial charge in [-0.15, -0.1) is 0 Å². The maximum Gasteiger partial charge on any atom is 0.389 e. The fourth-order valence-electron chi connectivity index (χ4n) is 1.96. The third kappa shape index (κ3) is 7.18. The lowest BCUT2D eigenvalue weighted by Crippen LogP contribution is -2.38. The van der Waals surface area contributed by atoms with E-state index in [0.717, 1.165) is 19.4 Å². The molecule has 1 rings (SSSR count). The van der Waals surface area contributed by atoms with Crippen molar-refractivity contribution < 1.29 is 22.6 Å². The molecular weight excluding hydrogens is 247 g/mol. The molecule has 1 heterocycles. The lowest BCUT2D eigenvalue weighted by molar-refractivity contribution is -0.137. The van der Waals surface area contributed by atoms with Crippen LogP contribution in [0.2, 0.25) is 0 Å². The first-order valence-electron chi connectivity index (χ1n) is 6.48. The van der Waals surface area contributed by atoms with Gasteiger partial charge in [0.1, 0.15) is 0 Å². The highest BCUT2D eigenvalue weighted by atomic mass is 19.4. The van der Waals surface area contributed by atoms with Crippen molar-refractivity contribution in [3.8, 4) is 0 Å². The predicted octanol–water partition coefficient (Wildman–Crippen LogP) is 2.50. The Morgan fingerprint density at radius 2 is 2.17 bits per heavy atom. The lowest BCUT2D eigenvalue weighted by atomic mass is 10.1. The summed E-state index contributed by atoms with van der Waals surface area (Å²) in [6.07, 6.45) is -2.38. The summed E-state index contributed by atoms with van der Waals surface area (Å²) in [6, 6.07) is 0.270. The maximum absolute atomic E-state index is 11.8. The third-order valence-corrected chi connectivity index (χ3v) is 2.98. The van der Waals surface area contributed by atoms with E-state index in [2.05, 4.69) is 12.2 Å². The van der Waals surface area contributed by atoms with Crippen LogP contribution in [-0.2, 0) is 9.47 Å². The highest BCUT2D eigenvalue weighted by Gasteiger charge is 2.26. The average Bonchev–Trinajstić information content (AvgIpc) is 2.79. The standard InChI is InChI=1S/C12H22F3NO2/c1-10(11-4-2-8-18-11)16-6-9-17-7-3-5-12(13,14)15/h10-11,16H,2-9H2,1H3. The fraction of sp³-hybridized carbons (Fsp3) is 1.00. The van der Waals surface area contributed by atoms with Gasteiger partial charge >= 0.3 is 6.18 Å². The molecule has 0 aromatic carbocycles. The Morgan fingerprint density at radius 3 is 2.78 bits per heavy atom. The second kappa shape index (κ2) is 7.96. The number of alkyl halides is 3. The van der Waals surface area contributed by atoms with Gasteiger partial charge in [-0.25, -0.2) is 0 Å². The largest absolute Gasteiger partial charge is 0.389 e. The first-order valence-corrected chi connectivity index (χ1v) is 6.48. The second-order valence-corrected chi connectivity index (χ2v) is 4.63. The van der Waals surface area contributed by atoms with Crippen molar-refractivity contribution in [3.05, 3.63) is 0 Å². The third-order valence-electron chi connectivity index (χ3n) is 2.98. The van der Waals surface area contributed by atoms with Crippen LogP contribution in [-0.4, -0.2) is 44.7 Å². The average molecular weight is 269 g/mol. The molecule has 2 atom stereocenters. The van der Waals surface area contributed by atoms with E-state index in [1.807, 2.05) is 0 Å². The molecule has 1 saturated heterocycles. The second-order valence-electron chi connectivity index (χ2n) is 4.63. The maximum atomic E-state index is 11.8. The predicted molar refractivity (Wildman–Crippen MR) is 62.5 cm³/mol. The summed E-state index contributed by atoms with van der Waals surface area (Å²) in [7, 11) is 0. The van der Waals surface area contributed by atoms with Crippen LogP contribution in [0.3, 0.4) is 0 Å². The normalized spacial score (nSPS) is 22.3. The van der Waals surface area contributed by atoms with Gasteiger partial charge in [0.05, 0.1) is 12.7 Å². The fourth-order valence-corrected chi connectivity index (χ4v) is 1.96. The molecule has 3 nitrogen and oxygen atoms in total. The molecule has 6 heteroatoms. The molecule has 0 aromatic heterocycles. The van der Waals surface area contributed by atoms with Crippen LogP contribution in [0.15, 0.2) is 0 Å².